The van der Waals surface area contributed by atoms with E-state index in [0.717, 1.165) is 11.5 Å². The van der Waals surface area contributed by atoms with Crippen molar-refractivity contribution in [3.8, 4) is 5.75 Å². The number of halogens is 1. The Kier molecular flexibility index (Phi) is 4.65. The van der Waals surface area contributed by atoms with Gasteiger partial charge < -0.3 is 9.52 Å². The number of hydrazone groups is 1. The van der Waals surface area contributed by atoms with Gasteiger partial charge in [-0.1, -0.05) is 18.2 Å². The SMILES string of the molecule is O=C(N/N=C/c1cc(I)c(O)c([N+](=O)[O-])c1)c1cc2ccccc2o1. The monoisotopic (exact) mass is 451 g/mol. The summed E-state index contributed by atoms with van der Waals surface area (Å²) in [5.74, 6) is -0.853. The number of rotatable bonds is 4. The van der Waals surface area contributed by atoms with Crippen LogP contribution in [0.5, 0.6) is 5.75 Å². The van der Waals surface area contributed by atoms with E-state index >= 15 is 0 Å². The number of carbonyl (C=O) groups is 1. The van der Waals surface area contributed by atoms with Gasteiger partial charge in [0.05, 0.1) is 14.7 Å². The number of furan rings is 1. The highest BCUT2D eigenvalue weighted by Crippen LogP contribution is 2.31. The lowest BCUT2D eigenvalue weighted by Gasteiger charge is -2.01. The van der Waals surface area contributed by atoms with Gasteiger partial charge in [0, 0.05) is 17.0 Å². The van der Waals surface area contributed by atoms with Crippen LogP contribution < -0.4 is 5.43 Å². The molecule has 2 N–H and O–H groups in total. The maximum atomic E-state index is 12.0. The van der Waals surface area contributed by atoms with E-state index in [1.807, 2.05) is 12.1 Å². The summed E-state index contributed by atoms with van der Waals surface area (Å²) in [7, 11) is 0. The Bertz CT molecular complexity index is 979. The third-order valence-electron chi connectivity index (χ3n) is 3.29. The van der Waals surface area contributed by atoms with Crippen LogP contribution in [0, 0.1) is 13.7 Å². The van der Waals surface area contributed by atoms with Crippen LogP contribution in [0.15, 0.2) is 52.0 Å². The number of aromatic hydroxyl groups is 1. The molecule has 1 aromatic heterocycles. The molecule has 25 heavy (non-hydrogen) atoms. The van der Waals surface area contributed by atoms with Crippen LogP contribution in [0.2, 0.25) is 0 Å². The number of benzene rings is 2. The molecule has 0 fully saturated rings. The highest BCUT2D eigenvalue weighted by Gasteiger charge is 2.17. The van der Waals surface area contributed by atoms with Crippen LogP contribution in [-0.4, -0.2) is 22.2 Å². The molecule has 1 heterocycles. The molecule has 9 heteroatoms. The van der Waals surface area contributed by atoms with Gasteiger partial charge in [0.15, 0.2) is 5.76 Å². The fourth-order valence-electron chi connectivity index (χ4n) is 2.13. The normalized spacial score (nSPS) is 11.1. The minimum Gasteiger partial charge on any atom is -0.501 e. The fourth-order valence-corrected chi connectivity index (χ4v) is 2.77. The molecule has 3 rings (SSSR count). The molecule has 0 bridgehead atoms. The topological polar surface area (TPSA) is 118 Å². The summed E-state index contributed by atoms with van der Waals surface area (Å²) in [5.41, 5.74) is 2.80. The average Bonchev–Trinajstić information content (AvgIpc) is 3.01. The maximum absolute atomic E-state index is 12.0. The number of nitrogens with one attached hydrogen (secondary N) is 1. The van der Waals surface area contributed by atoms with Crippen LogP contribution in [0.4, 0.5) is 5.69 Å². The van der Waals surface area contributed by atoms with Crippen molar-refractivity contribution in [1.82, 2.24) is 5.43 Å². The lowest BCUT2D eigenvalue weighted by molar-refractivity contribution is -0.386. The molecule has 0 aliphatic rings. The summed E-state index contributed by atoms with van der Waals surface area (Å²) < 4.78 is 5.71. The predicted molar refractivity (Wildman–Crippen MR) is 98.8 cm³/mol. The first-order valence-corrected chi connectivity index (χ1v) is 8.02. The van der Waals surface area contributed by atoms with Gasteiger partial charge in [-0.15, -0.1) is 0 Å². The maximum Gasteiger partial charge on any atom is 0.312 e. The van der Waals surface area contributed by atoms with Crippen molar-refractivity contribution in [3.05, 3.63) is 67.5 Å². The van der Waals surface area contributed by atoms with E-state index in [2.05, 4.69) is 10.5 Å². The second-order valence-electron chi connectivity index (χ2n) is 4.98. The molecule has 0 unspecified atom stereocenters. The fraction of sp³-hybridized carbons (Fsp3) is 0. The summed E-state index contributed by atoms with van der Waals surface area (Å²) in [5, 5.41) is 25.1. The summed E-state index contributed by atoms with van der Waals surface area (Å²) in [4.78, 5) is 22.2. The first-order valence-electron chi connectivity index (χ1n) is 6.94. The largest absolute Gasteiger partial charge is 0.501 e. The van der Waals surface area contributed by atoms with Crippen LogP contribution in [0.3, 0.4) is 0 Å². The number of para-hydroxylation sites is 1. The molecule has 8 nitrogen and oxygen atoms in total. The summed E-state index contributed by atoms with van der Waals surface area (Å²) in [6, 6.07) is 11.4. The van der Waals surface area contributed by atoms with Crippen molar-refractivity contribution in [2.75, 3.05) is 0 Å². The van der Waals surface area contributed by atoms with Crippen molar-refractivity contribution >= 4 is 51.4 Å². The van der Waals surface area contributed by atoms with Crippen molar-refractivity contribution in [1.29, 1.82) is 0 Å². The third-order valence-corrected chi connectivity index (χ3v) is 4.11. The zero-order valence-electron chi connectivity index (χ0n) is 12.5. The number of phenolic OH excluding ortho intramolecular Hbond substituents is 1. The third kappa shape index (κ3) is 3.60. The average molecular weight is 451 g/mol. The first-order chi connectivity index (χ1) is 12.0. The lowest BCUT2D eigenvalue weighted by Crippen LogP contribution is -2.16. The zero-order valence-corrected chi connectivity index (χ0v) is 14.6. The van der Waals surface area contributed by atoms with E-state index in [1.165, 1.54) is 12.3 Å². The van der Waals surface area contributed by atoms with Gasteiger partial charge >= 0.3 is 11.6 Å². The van der Waals surface area contributed by atoms with E-state index < -0.39 is 22.3 Å². The molecule has 0 spiro atoms. The Morgan fingerprint density at radius 3 is 2.80 bits per heavy atom. The van der Waals surface area contributed by atoms with E-state index in [4.69, 9.17) is 4.42 Å². The molecule has 0 radical (unpaired) electrons. The molecule has 3 aromatic rings. The summed E-state index contributed by atoms with van der Waals surface area (Å²) in [6.45, 7) is 0. The highest BCUT2D eigenvalue weighted by molar-refractivity contribution is 14.1. The van der Waals surface area contributed by atoms with Crippen LogP contribution in [0.25, 0.3) is 11.0 Å². The molecule has 0 aliphatic carbocycles. The van der Waals surface area contributed by atoms with E-state index in [-0.39, 0.29) is 5.76 Å². The second-order valence-corrected chi connectivity index (χ2v) is 6.14. The zero-order chi connectivity index (χ0) is 18.0. The number of fused-ring (bicyclic) bond motifs is 1. The molecular formula is C16H10IN3O5. The van der Waals surface area contributed by atoms with Crippen molar-refractivity contribution in [2.24, 2.45) is 5.10 Å². The number of nitro benzene ring substituents is 1. The number of hydrogen-bond acceptors (Lipinski definition) is 6. The van der Waals surface area contributed by atoms with Gasteiger partial charge in [-0.3, -0.25) is 14.9 Å². The van der Waals surface area contributed by atoms with Gasteiger partial charge in [0.25, 0.3) is 0 Å². The number of nitro groups is 1. The molecule has 0 atom stereocenters. The standard InChI is InChI=1S/C16H10IN3O5/c17-11-5-9(6-12(15(11)21)20(23)24)8-18-19-16(22)14-7-10-3-1-2-4-13(10)25-14/h1-8,21H,(H,19,22)/b18-8+. The van der Waals surface area contributed by atoms with Gasteiger partial charge in [0.2, 0.25) is 5.75 Å². The van der Waals surface area contributed by atoms with E-state index in [0.29, 0.717) is 14.7 Å². The Balaban J connectivity index is 1.76. The number of carbonyl (C=O) groups excluding carboxylic acids is 1. The highest BCUT2D eigenvalue weighted by atomic mass is 127. The van der Waals surface area contributed by atoms with Gasteiger partial charge in [-0.2, -0.15) is 5.10 Å². The number of hydrogen-bond donors (Lipinski definition) is 2. The lowest BCUT2D eigenvalue weighted by atomic mass is 10.2. The summed E-state index contributed by atoms with van der Waals surface area (Å²) in [6.07, 6.45) is 1.25. The predicted octanol–water partition coefficient (Wildman–Crippen LogP) is 3.42. The Hall–Kier alpha value is -2.95. The van der Waals surface area contributed by atoms with Crippen molar-refractivity contribution < 1.29 is 19.2 Å². The Morgan fingerprint density at radius 2 is 2.08 bits per heavy atom. The number of nitrogens with zero attached hydrogens (tertiary/aromatic N) is 2. The minimum atomic E-state index is -0.693. The first kappa shape index (κ1) is 16.9. The van der Waals surface area contributed by atoms with E-state index in [1.54, 1.807) is 40.8 Å². The molecule has 126 valence electrons. The number of phenols is 1. The molecule has 1 amide bonds. The van der Waals surface area contributed by atoms with E-state index in [9.17, 15) is 20.0 Å². The molecular weight excluding hydrogens is 441 g/mol. The van der Waals surface area contributed by atoms with Crippen LogP contribution in [-0.2, 0) is 0 Å². The second kappa shape index (κ2) is 6.89. The van der Waals surface area contributed by atoms with Crippen LogP contribution in [0.1, 0.15) is 16.1 Å². The quantitative estimate of drug-likeness (QED) is 0.273. The minimum absolute atomic E-state index is 0.101. The molecule has 0 saturated carbocycles. The van der Waals surface area contributed by atoms with Crippen molar-refractivity contribution in [3.63, 3.8) is 0 Å². The van der Waals surface area contributed by atoms with Gasteiger partial charge in [-0.25, -0.2) is 5.43 Å². The Labute approximate surface area is 154 Å². The van der Waals surface area contributed by atoms with Gasteiger partial charge in [0.1, 0.15) is 5.58 Å². The smallest absolute Gasteiger partial charge is 0.312 e. The summed E-state index contributed by atoms with van der Waals surface area (Å²) >= 11 is 1.77. The van der Waals surface area contributed by atoms with Crippen LogP contribution >= 0.6 is 22.6 Å². The molecule has 0 saturated heterocycles. The molecule has 0 aliphatic heterocycles. The molecule has 2 aromatic carbocycles. The van der Waals surface area contributed by atoms with Gasteiger partial charge in [-0.05, 0) is 40.8 Å². The number of amides is 1. The van der Waals surface area contributed by atoms with Crippen molar-refractivity contribution in [2.45, 2.75) is 0 Å². The Morgan fingerprint density at radius 1 is 1.32 bits per heavy atom.